The standard InChI is InChI=1S/C15H21F2N/c1-3-10-4-5-11(8-10)15(18-2)13-7-6-12(16)9-14(13)17/h6-7,9-11,15,18H,3-5,8H2,1-2H3. The molecule has 0 bridgehead atoms. The van der Waals surface area contributed by atoms with Crippen LogP contribution in [0.15, 0.2) is 18.2 Å². The molecule has 1 saturated carbocycles. The van der Waals surface area contributed by atoms with Gasteiger partial charge in [0.1, 0.15) is 11.6 Å². The largest absolute Gasteiger partial charge is 0.313 e. The van der Waals surface area contributed by atoms with Crippen molar-refractivity contribution >= 4 is 0 Å². The van der Waals surface area contributed by atoms with E-state index in [2.05, 4.69) is 12.2 Å². The van der Waals surface area contributed by atoms with E-state index < -0.39 is 11.6 Å². The van der Waals surface area contributed by atoms with Gasteiger partial charge in [0.2, 0.25) is 0 Å². The van der Waals surface area contributed by atoms with Gasteiger partial charge in [-0.05, 0) is 37.8 Å². The summed E-state index contributed by atoms with van der Waals surface area (Å²) in [7, 11) is 1.85. The lowest BCUT2D eigenvalue weighted by Crippen LogP contribution is -2.25. The highest BCUT2D eigenvalue weighted by atomic mass is 19.1. The molecular weight excluding hydrogens is 232 g/mol. The van der Waals surface area contributed by atoms with Gasteiger partial charge in [-0.25, -0.2) is 8.78 Å². The van der Waals surface area contributed by atoms with E-state index in [1.165, 1.54) is 18.9 Å². The molecule has 1 fully saturated rings. The van der Waals surface area contributed by atoms with E-state index >= 15 is 0 Å². The molecule has 3 heteroatoms. The van der Waals surface area contributed by atoms with Gasteiger partial charge in [0.05, 0.1) is 0 Å². The summed E-state index contributed by atoms with van der Waals surface area (Å²) in [6.07, 6.45) is 4.68. The van der Waals surface area contributed by atoms with Crippen molar-refractivity contribution in [3.05, 3.63) is 35.4 Å². The minimum atomic E-state index is -0.510. The predicted octanol–water partition coefficient (Wildman–Crippen LogP) is 4.05. The summed E-state index contributed by atoms with van der Waals surface area (Å²) >= 11 is 0. The summed E-state index contributed by atoms with van der Waals surface area (Å²) < 4.78 is 26.8. The van der Waals surface area contributed by atoms with Crippen LogP contribution in [-0.4, -0.2) is 7.05 Å². The Morgan fingerprint density at radius 3 is 2.67 bits per heavy atom. The Balaban J connectivity index is 2.18. The van der Waals surface area contributed by atoms with E-state index in [1.807, 2.05) is 7.05 Å². The Bertz CT molecular complexity index is 405. The molecule has 3 atom stereocenters. The molecule has 1 aromatic carbocycles. The van der Waals surface area contributed by atoms with Crippen molar-refractivity contribution in [3.63, 3.8) is 0 Å². The Morgan fingerprint density at radius 2 is 2.11 bits per heavy atom. The highest BCUT2D eigenvalue weighted by molar-refractivity contribution is 5.23. The summed E-state index contributed by atoms with van der Waals surface area (Å²) in [5.41, 5.74) is 0.598. The highest BCUT2D eigenvalue weighted by Crippen LogP contribution is 2.40. The topological polar surface area (TPSA) is 12.0 Å². The minimum absolute atomic E-state index is 0.00199. The second kappa shape index (κ2) is 5.79. The quantitative estimate of drug-likeness (QED) is 0.853. The first-order valence-electron chi connectivity index (χ1n) is 6.78. The van der Waals surface area contributed by atoms with Gasteiger partial charge < -0.3 is 5.32 Å². The fraction of sp³-hybridized carbons (Fsp3) is 0.600. The molecule has 2 rings (SSSR count). The third-order valence-corrected chi connectivity index (χ3v) is 4.24. The van der Waals surface area contributed by atoms with Gasteiger partial charge in [-0.15, -0.1) is 0 Å². The van der Waals surface area contributed by atoms with Crippen molar-refractivity contribution in [2.75, 3.05) is 7.05 Å². The van der Waals surface area contributed by atoms with Gasteiger partial charge in [-0.3, -0.25) is 0 Å². The molecule has 1 aliphatic rings. The number of hydrogen-bond donors (Lipinski definition) is 1. The summed E-state index contributed by atoms with van der Waals surface area (Å²) in [5.74, 6) is 0.271. The van der Waals surface area contributed by atoms with E-state index in [4.69, 9.17) is 0 Å². The Labute approximate surface area is 108 Å². The van der Waals surface area contributed by atoms with Crippen LogP contribution in [0, 0.1) is 23.5 Å². The zero-order valence-electron chi connectivity index (χ0n) is 11.0. The zero-order chi connectivity index (χ0) is 13.1. The van der Waals surface area contributed by atoms with Gasteiger partial charge in [0, 0.05) is 17.7 Å². The molecule has 0 aliphatic heterocycles. The summed E-state index contributed by atoms with van der Waals surface area (Å²) in [4.78, 5) is 0. The maximum Gasteiger partial charge on any atom is 0.130 e. The second-order valence-electron chi connectivity index (χ2n) is 5.28. The van der Waals surface area contributed by atoms with Crippen molar-refractivity contribution in [2.45, 2.75) is 38.6 Å². The third-order valence-electron chi connectivity index (χ3n) is 4.24. The molecule has 1 aromatic rings. The normalized spacial score (nSPS) is 25.3. The number of rotatable bonds is 4. The van der Waals surface area contributed by atoms with Crippen molar-refractivity contribution in [1.82, 2.24) is 5.32 Å². The Morgan fingerprint density at radius 1 is 1.33 bits per heavy atom. The number of halogens is 2. The second-order valence-corrected chi connectivity index (χ2v) is 5.28. The van der Waals surface area contributed by atoms with Crippen LogP contribution in [0.5, 0.6) is 0 Å². The minimum Gasteiger partial charge on any atom is -0.313 e. The molecule has 0 aromatic heterocycles. The van der Waals surface area contributed by atoms with Gasteiger partial charge in [0.15, 0.2) is 0 Å². The smallest absolute Gasteiger partial charge is 0.130 e. The van der Waals surface area contributed by atoms with Crippen LogP contribution in [-0.2, 0) is 0 Å². The van der Waals surface area contributed by atoms with E-state index in [0.717, 1.165) is 24.8 Å². The molecule has 0 saturated heterocycles. The van der Waals surface area contributed by atoms with E-state index in [-0.39, 0.29) is 6.04 Å². The van der Waals surface area contributed by atoms with Crippen LogP contribution in [0.3, 0.4) is 0 Å². The number of nitrogens with one attached hydrogen (secondary N) is 1. The monoisotopic (exact) mass is 253 g/mol. The highest BCUT2D eigenvalue weighted by Gasteiger charge is 2.31. The van der Waals surface area contributed by atoms with E-state index in [9.17, 15) is 8.78 Å². The van der Waals surface area contributed by atoms with Crippen molar-refractivity contribution in [2.24, 2.45) is 11.8 Å². The van der Waals surface area contributed by atoms with Gasteiger partial charge >= 0.3 is 0 Å². The molecule has 3 unspecified atom stereocenters. The van der Waals surface area contributed by atoms with E-state index in [1.54, 1.807) is 6.07 Å². The molecule has 1 N–H and O–H groups in total. The fourth-order valence-corrected chi connectivity index (χ4v) is 3.19. The molecule has 0 radical (unpaired) electrons. The van der Waals surface area contributed by atoms with Crippen molar-refractivity contribution in [1.29, 1.82) is 0 Å². The molecule has 1 nitrogen and oxygen atoms in total. The lowest BCUT2D eigenvalue weighted by atomic mass is 9.90. The van der Waals surface area contributed by atoms with Gasteiger partial charge in [-0.2, -0.15) is 0 Å². The van der Waals surface area contributed by atoms with Gasteiger partial charge in [0.25, 0.3) is 0 Å². The first kappa shape index (κ1) is 13.5. The lowest BCUT2D eigenvalue weighted by molar-refractivity contribution is 0.361. The van der Waals surface area contributed by atoms with Crippen LogP contribution in [0.4, 0.5) is 8.78 Å². The number of benzene rings is 1. The number of hydrogen-bond acceptors (Lipinski definition) is 1. The summed E-state index contributed by atoms with van der Waals surface area (Å²) in [6, 6.07) is 3.90. The molecule has 0 amide bonds. The third kappa shape index (κ3) is 2.72. The fourth-order valence-electron chi connectivity index (χ4n) is 3.19. The zero-order valence-corrected chi connectivity index (χ0v) is 11.0. The summed E-state index contributed by atoms with van der Waals surface area (Å²) in [5, 5.41) is 3.20. The molecule has 0 heterocycles. The first-order chi connectivity index (χ1) is 8.65. The van der Waals surface area contributed by atoms with Crippen molar-refractivity contribution < 1.29 is 8.78 Å². The van der Waals surface area contributed by atoms with E-state index in [0.29, 0.717) is 11.5 Å². The van der Waals surface area contributed by atoms with Crippen LogP contribution in [0.25, 0.3) is 0 Å². The van der Waals surface area contributed by atoms with Crippen LogP contribution >= 0.6 is 0 Å². The van der Waals surface area contributed by atoms with Gasteiger partial charge in [-0.1, -0.05) is 25.8 Å². The SMILES string of the molecule is CCC1CCC(C(NC)c2ccc(F)cc2F)C1. The van der Waals surface area contributed by atoms with Crippen LogP contribution in [0.1, 0.15) is 44.2 Å². The lowest BCUT2D eigenvalue weighted by Gasteiger charge is -2.24. The molecule has 0 spiro atoms. The molecule has 18 heavy (non-hydrogen) atoms. The average molecular weight is 253 g/mol. The Kier molecular flexibility index (Phi) is 4.33. The predicted molar refractivity (Wildman–Crippen MR) is 69.3 cm³/mol. The average Bonchev–Trinajstić information content (AvgIpc) is 2.81. The maximum absolute atomic E-state index is 13.8. The summed E-state index contributed by atoms with van der Waals surface area (Å²) in [6.45, 7) is 2.21. The molecule has 1 aliphatic carbocycles. The van der Waals surface area contributed by atoms with Crippen LogP contribution in [0.2, 0.25) is 0 Å². The molecular formula is C15H21F2N. The Hall–Kier alpha value is -0.960. The molecule has 100 valence electrons. The van der Waals surface area contributed by atoms with Crippen LogP contribution < -0.4 is 5.32 Å². The maximum atomic E-state index is 13.8. The first-order valence-corrected chi connectivity index (χ1v) is 6.78. The van der Waals surface area contributed by atoms with Crippen molar-refractivity contribution in [3.8, 4) is 0 Å².